The summed E-state index contributed by atoms with van der Waals surface area (Å²) in [5.74, 6) is -0.121. The highest BCUT2D eigenvalue weighted by atomic mass is 16.5. The maximum Gasteiger partial charge on any atom is 0.328 e. The molecule has 19 heavy (non-hydrogen) atoms. The third-order valence-electron chi connectivity index (χ3n) is 2.75. The van der Waals surface area contributed by atoms with Crippen molar-refractivity contribution in [2.24, 2.45) is 0 Å². The van der Waals surface area contributed by atoms with Crippen LogP contribution in [-0.2, 0) is 4.79 Å². The first-order valence-corrected chi connectivity index (χ1v) is 5.84. The summed E-state index contributed by atoms with van der Waals surface area (Å²) < 4.78 is 5.11. The summed E-state index contributed by atoms with van der Waals surface area (Å²) in [6, 6.07) is 15.5. The normalized spacial score (nSPS) is 10.6. The number of methoxy groups -OCH3 is 1. The Balaban J connectivity index is 2.19. The van der Waals surface area contributed by atoms with E-state index in [0.717, 1.165) is 28.5 Å². The van der Waals surface area contributed by atoms with Gasteiger partial charge in [0.25, 0.3) is 0 Å². The van der Waals surface area contributed by atoms with Gasteiger partial charge in [0.2, 0.25) is 0 Å². The maximum atomic E-state index is 10.4. The van der Waals surface area contributed by atoms with E-state index in [4.69, 9.17) is 9.84 Å². The van der Waals surface area contributed by atoms with Crippen molar-refractivity contribution in [3.63, 3.8) is 0 Å². The first-order valence-electron chi connectivity index (χ1n) is 5.84. The average molecular weight is 254 g/mol. The molecule has 2 aromatic rings. The largest absolute Gasteiger partial charge is 0.497 e. The third kappa shape index (κ3) is 3.45. The topological polar surface area (TPSA) is 46.5 Å². The molecule has 0 saturated carbocycles. The molecule has 0 unspecified atom stereocenters. The van der Waals surface area contributed by atoms with E-state index in [1.807, 2.05) is 48.5 Å². The van der Waals surface area contributed by atoms with E-state index in [1.54, 1.807) is 13.2 Å². The summed E-state index contributed by atoms with van der Waals surface area (Å²) >= 11 is 0. The van der Waals surface area contributed by atoms with Crippen molar-refractivity contribution in [1.82, 2.24) is 0 Å². The van der Waals surface area contributed by atoms with Crippen LogP contribution < -0.4 is 4.74 Å². The van der Waals surface area contributed by atoms with E-state index in [1.165, 1.54) is 0 Å². The van der Waals surface area contributed by atoms with E-state index in [2.05, 4.69) is 0 Å². The van der Waals surface area contributed by atoms with Crippen molar-refractivity contribution in [1.29, 1.82) is 0 Å². The van der Waals surface area contributed by atoms with Gasteiger partial charge < -0.3 is 9.84 Å². The zero-order valence-electron chi connectivity index (χ0n) is 10.5. The smallest absolute Gasteiger partial charge is 0.328 e. The fourth-order valence-corrected chi connectivity index (χ4v) is 1.74. The molecule has 3 heteroatoms. The Morgan fingerprint density at radius 1 is 1.00 bits per heavy atom. The summed E-state index contributed by atoms with van der Waals surface area (Å²) in [6.07, 6.45) is 2.70. The molecule has 0 heterocycles. The van der Waals surface area contributed by atoms with Gasteiger partial charge in [-0.3, -0.25) is 0 Å². The molecular formula is C16H14O3. The molecule has 0 aliphatic heterocycles. The standard InChI is InChI=1S/C16H14O3/c1-19-15-9-7-14(8-10-15)13-5-2-12(3-6-13)4-11-16(17)18/h2-11H,1H3,(H,17,18)/b11-4-. The monoisotopic (exact) mass is 254 g/mol. The van der Waals surface area contributed by atoms with Crippen molar-refractivity contribution < 1.29 is 14.6 Å². The predicted molar refractivity (Wildman–Crippen MR) is 75.1 cm³/mol. The van der Waals surface area contributed by atoms with Crippen LogP contribution >= 0.6 is 0 Å². The Labute approximate surface area is 111 Å². The van der Waals surface area contributed by atoms with Gasteiger partial charge in [0.05, 0.1) is 7.11 Å². The molecule has 1 N–H and O–H groups in total. The lowest BCUT2D eigenvalue weighted by Crippen LogP contribution is -1.86. The van der Waals surface area contributed by atoms with Gasteiger partial charge in [0, 0.05) is 6.08 Å². The molecule has 96 valence electrons. The van der Waals surface area contributed by atoms with Gasteiger partial charge in [-0.2, -0.15) is 0 Å². The Bertz CT molecular complexity index is 580. The Kier molecular flexibility index (Phi) is 3.98. The van der Waals surface area contributed by atoms with Gasteiger partial charge >= 0.3 is 5.97 Å². The highest BCUT2D eigenvalue weighted by molar-refractivity contribution is 5.85. The number of rotatable bonds is 4. The molecule has 2 aromatic carbocycles. The van der Waals surface area contributed by atoms with Crippen molar-refractivity contribution in [2.75, 3.05) is 7.11 Å². The fraction of sp³-hybridized carbons (Fsp3) is 0.0625. The number of hydrogen-bond donors (Lipinski definition) is 1. The summed E-state index contributed by atoms with van der Waals surface area (Å²) in [7, 11) is 1.64. The van der Waals surface area contributed by atoms with E-state index < -0.39 is 5.97 Å². The number of carboxylic acids is 1. The number of carboxylic acid groups (broad SMARTS) is 1. The molecule has 0 aromatic heterocycles. The maximum absolute atomic E-state index is 10.4. The molecule has 0 spiro atoms. The average Bonchev–Trinajstić information content (AvgIpc) is 2.46. The lowest BCUT2D eigenvalue weighted by molar-refractivity contribution is -0.131. The van der Waals surface area contributed by atoms with Crippen molar-refractivity contribution in [2.45, 2.75) is 0 Å². The van der Waals surface area contributed by atoms with Crippen LogP contribution in [-0.4, -0.2) is 18.2 Å². The zero-order chi connectivity index (χ0) is 13.7. The Hall–Kier alpha value is -2.55. The van der Waals surface area contributed by atoms with Crippen LogP contribution in [0.15, 0.2) is 54.6 Å². The van der Waals surface area contributed by atoms with Crippen molar-refractivity contribution in [3.8, 4) is 16.9 Å². The first-order chi connectivity index (χ1) is 9.19. The van der Waals surface area contributed by atoms with Crippen LogP contribution in [0.4, 0.5) is 0 Å². The molecule has 2 rings (SSSR count). The van der Waals surface area contributed by atoms with E-state index in [-0.39, 0.29) is 0 Å². The van der Waals surface area contributed by atoms with Crippen LogP contribution in [0, 0.1) is 0 Å². The summed E-state index contributed by atoms with van der Waals surface area (Å²) in [6.45, 7) is 0. The molecule has 0 bridgehead atoms. The number of hydrogen-bond acceptors (Lipinski definition) is 2. The van der Waals surface area contributed by atoms with Gasteiger partial charge in [0.15, 0.2) is 0 Å². The van der Waals surface area contributed by atoms with Gasteiger partial charge in [-0.25, -0.2) is 4.79 Å². The SMILES string of the molecule is COc1ccc(-c2ccc(/C=C\C(=O)O)cc2)cc1. The van der Waals surface area contributed by atoms with Crippen molar-refractivity contribution in [3.05, 3.63) is 60.2 Å². The second-order valence-corrected chi connectivity index (χ2v) is 4.02. The van der Waals surface area contributed by atoms with E-state index in [0.29, 0.717) is 0 Å². The van der Waals surface area contributed by atoms with Crippen LogP contribution in [0.5, 0.6) is 5.75 Å². The van der Waals surface area contributed by atoms with Gasteiger partial charge in [0.1, 0.15) is 5.75 Å². The lowest BCUT2D eigenvalue weighted by atomic mass is 10.0. The Morgan fingerprint density at radius 3 is 2.00 bits per heavy atom. The van der Waals surface area contributed by atoms with Crippen molar-refractivity contribution >= 4 is 12.0 Å². The number of benzene rings is 2. The summed E-state index contributed by atoms with van der Waals surface area (Å²) in [5.41, 5.74) is 3.03. The number of carbonyl (C=O) groups is 1. The number of ether oxygens (including phenoxy) is 1. The second-order valence-electron chi connectivity index (χ2n) is 4.02. The Morgan fingerprint density at radius 2 is 1.53 bits per heavy atom. The van der Waals surface area contributed by atoms with Crippen LogP contribution in [0.2, 0.25) is 0 Å². The predicted octanol–water partition coefficient (Wildman–Crippen LogP) is 3.46. The third-order valence-corrected chi connectivity index (χ3v) is 2.75. The molecule has 0 fully saturated rings. The minimum Gasteiger partial charge on any atom is -0.497 e. The summed E-state index contributed by atoms with van der Waals surface area (Å²) in [4.78, 5) is 10.4. The van der Waals surface area contributed by atoms with Crippen LogP contribution in [0.25, 0.3) is 17.2 Å². The summed E-state index contributed by atoms with van der Waals surface area (Å²) in [5, 5.41) is 8.56. The molecule has 0 saturated heterocycles. The van der Waals surface area contributed by atoms with E-state index in [9.17, 15) is 4.79 Å². The van der Waals surface area contributed by atoms with Gasteiger partial charge in [-0.05, 0) is 34.9 Å². The molecular weight excluding hydrogens is 240 g/mol. The lowest BCUT2D eigenvalue weighted by Gasteiger charge is -2.04. The quantitative estimate of drug-likeness (QED) is 0.850. The highest BCUT2D eigenvalue weighted by Crippen LogP contribution is 2.22. The number of aliphatic carboxylic acids is 1. The fourth-order valence-electron chi connectivity index (χ4n) is 1.74. The molecule has 0 radical (unpaired) electrons. The molecule has 0 aliphatic rings. The van der Waals surface area contributed by atoms with Gasteiger partial charge in [-0.15, -0.1) is 0 Å². The minimum absolute atomic E-state index is 0.824. The molecule has 0 amide bonds. The van der Waals surface area contributed by atoms with E-state index >= 15 is 0 Å². The van der Waals surface area contributed by atoms with Crippen LogP contribution in [0.1, 0.15) is 5.56 Å². The molecule has 0 aliphatic carbocycles. The highest BCUT2D eigenvalue weighted by Gasteiger charge is 1.98. The van der Waals surface area contributed by atoms with Crippen LogP contribution in [0.3, 0.4) is 0 Å². The zero-order valence-corrected chi connectivity index (χ0v) is 10.5. The second kappa shape index (κ2) is 5.87. The molecule has 0 atom stereocenters. The molecule has 3 nitrogen and oxygen atoms in total. The first kappa shape index (κ1) is 12.9. The van der Waals surface area contributed by atoms with Gasteiger partial charge in [-0.1, -0.05) is 36.4 Å². The minimum atomic E-state index is -0.945.